The highest BCUT2D eigenvalue weighted by atomic mass is 16.5. The van der Waals surface area contributed by atoms with Gasteiger partial charge < -0.3 is 16.2 Å². The maximum atomic E-state index is 10.3. The van der Waals surface area contributed by atoms with Crippen molar-refractivity contribution < 1.29 is 9.53 Å². The monoisotopic (exact) mass is 196 g/mol. The van der Waals surface area contributed by atoms with Gasteiger partial charge in [0, 0.05) is 6.54 Å². The molecule has 0 aliphatic carbocycles. The lowest BCUT2D eigenvalue weighted by Crippen LogP contribution is -2.38. The van der Waals surface area contributed by atoms with E-state index in [0.717, 1.165) is 0 Å². The highest BCUT2D eigenvalue weighted by Gasteiger charge is 2.09. The predicted octanol–water partition coefficient (Wildman–Crippen LogP) is 0.132. The molecule has 1 atom stereocenters. The first-order chi connectivity index (χ1) is 6.72. The summed E-state index contributed by atoms with van der Waals surface area (Å²) >= 11 is 0. The molecule has 0 heterocycles. The Morgan fingerprint density at radius 2 is 1.57 bits per heavy atom. The van der Waals surface area contributed by atoms with E-state index in [-0.39, 0.29) is 6.54 Å². The summed E-state index contributed by atoms with van der Waals surface area (Å²) in [7, 11) is 1.28. The lowest BCUT2D eigenvalue weighted by Gasteiger charge is -2.03. The fourth-order valence-electron chi connectivity index (χ4n) is 0.632. The number of benzene rings is 1. The van der Waals surface area contributed by atoms with Gasteiger partial charge in [-0.25, -0.2) is 0 Å². The molecule has 14 heavy (non-hydrogen) atoms. The minimum Gasteiger partial charge on any atom is -0.468 e. The Morgan fingerprint density at radius 3 is 1.71 bits per heavy atom. The Morgan fingerprint density at radius 1 is 1.21 bits per heavy atom. The van der Waals surface area contributed by atoms with Crippen LogP contribution in [0.1, 0.15) is 0 Å². The standard InChI is InChI=1S/C6H6.C4H10N2O2/c1-2-4-6-5-3-1;1-8-4(7)3(6)2-5/h1-6H;3H,2,5-6H2,1H3. The molecule has 4 heteroatoms. The van der Waals surface area contributed by atoms with E-state index in [0.29, 0.717) is 0 Å². The highest BCUT2D eigenvalue weighted by Crippen LogP contribution is 1.80. The maximum Gasteiger partial charge on any atom is 0.323 e. The SMILES string of the molecule is COC(=O)C(N)CN.c1ccccc1. The van der Waals surface area contributed by atoms with Crippen LogP contribution in [0, 0.1) is 0 Å². The molecular weight excluding hydrogens is 180 g/mol. The van der Waals surface area contributed by atoms with Gasteiger partial charge in [-0.1, -0.05) is 36.4 Å². The molecule has 4 N–H and O–H groups in total. The number of carbonyl (C=O) groups is 1. The first-order valence-corrected chi connectivity index (χ1v) is 4.26. The first-order valence-electron chi connectivity index (χ1n) is 4.26. The largest absolute Gasteiger partial charge is 0.468 e. The summed E-state index contributed by atoms with van der Waals surface area (Å²) in [4.78, 5) is 10.3. The van der Waals surface area contributed by atoms with Gasteiger partial charge in [0.15, 0.2) is 0 Å². The van der Waals surface area contributed by atoms with Gasteiger partial charge in [-0.3, -0.25) is 4.79 Å². The number of rotatable bonds is 2. The zero-order valence-electron chi connectivity index (χ0n) is 8.22. The third kappa shape index (κ3) is 6.16. The lowest BCUT2D eigenvalue weighted by molar-refractivity contribution is -0.141. The van der Waals surface area contributed by atoms with Crippen LogP contribution < -0.4 is 11.5 Å². The third-order valence-corrected chi connectivity index (χ3v) is 1.42. The van der Waals surface area contributed by atoms with E-state index in [4.69, 9.17) is 11.5 Å². The number of carbonyl (C=O) groups excluding carboxylic acids is 1. The topological polar surface area (TPSA) is 78.3 Å². The predicted molar refractivity (Wildman–Crippen MR) is 55.5 cm³/mol. The normalized spacial score (nSPS) is 10.8. The number of ether oxygens (including phenoxy) is 1. The Hall–Kier alpha value is -1.39. The molecule has 1 aromatic rings. The number of esters is 1. The number of hydrogen-bond donors (Lipinski definition) is 2. The third-order valence-electron chi connectivity index (χ3n) is 1.42. The van der Waals surface area contributed by atoms with Crippen LogP contribution in [0.4, 0.5) is 0 Å². The highest BCUT2D eigenvalue weighted by molar-refractivity contribution is 5.75. The van der Waals surface area contributed by atoms with Crippen molar-refractivity contribution in [3.8, 4) is 0 Å². The minimum atomic E-state index is -0.667. The van der Waals surface area contributed by atoms with Crippen LogP contribution in [-0.2, 0) is 9.53 Å². The van der Waals surface area contributed by atoms with Gasteiger partial charge in [0.25, 0.3) is 0 Å². The van der Waals surface area contributed by atoms with Crippen LogP contribution in [0.5, 0.6) is 0 Å². The summed E-state index contributed by atoms with van der Waals surface area (Å²) in [6.45, 7) is 0.132. The Labute approximate surface area is 83.9 Å². The van der Waals surface area contributed by atoms with Crippen molar-refractivity contribution in [1.29, 1.82) is 0 Å². The zero-order valence-corrected chi connectivity index (χ0v) is 8.22. The second-order valence-corrected chi connectivity index (χ2v) is 2.52. The van der Waals surface area contributed by atoms with Crippen molar-refractivity contribution in [3.63, 3.8) is 0 Å². The Balaban J connectivity index is 0.000000249. The van der Waals surface area contributed by atoms with Crippen LogP contribution in [0.25, 0.3) is 0 Å². The molecule has 1 rings (SSSR count). The quantitative estimate of drug-likeness (QED) is 0.659. The van der Waals surface area contributed by atoms with Crippen LogP contribution in [0.3, 0.4) is 0 Å². The fourth-order valence-corrected chi connectivity index (χ4v) is 0.632. The summed E-state index contributed by atoms with van der Waals surface area (Å²) in [6, 6.07) is 11.3. The molecular formula is C10H16N2O2. The number of methoxy groups -OCH3 is 1. The summed E-state index contributed by atoms with van der Waals surface area (Å²) in [5.41, 5.74) is 10.2. The van der Waals surface area contributed by atoms with Crippen molar-refractivity contribution >= 4 is 5.97 Å². The van der Waals surface area contributed by atoms with Crippen molar-refractivity contribution in [2.24, 2.45) is 11.5 Å². The smallest absolute Gasteiger partial charge is 0.323 e. The lowest BCUT2D eigenvalue weighted by atomic mass is 10.3. The molecule has 1 aromatic carbocycles. The maximum absolute atomic E-state index is 10.3. The molecule has 0 saturated carbocycles. The van der Waals surface area contributed by atoms with E-state index < -0.39 is 12.0 Å². The minimum absolute atomic E-state index is 0.132. The van der Waals surface area contributed by atoms with Crippen LogP contribution >= 0.6 is 0 Å². The van der Waals surface area contributed by atoms with E-state index >= 15 is 0 Å². The fraction of sp³-hybridized carbons (Fsp3) is 0.300. The average molecular weight is 196 g/mol. The van der Waals surface area contributed by atoms with Gasteiger partial charge in [0.1, 0.15) is 6.04 Å². The molecule has 0 aliphatic rings. The second kappa shape index (κ2) is 8.22. The van der Waals surface area contributed by atoms with Gasteiger partial charge in [-0.2, -0.15) is 0 Å². The molecule has 0 amide bonds. The van der Waals surface area contributed by atoms with Crippen molar-refractivity contribution in [1.82, 2.24) is 0 Å². The molecule has 0 spiro atoms. The Bertz CT molecular complexity index is 212. The molecule has 0 bridgehead atoms. The average Bonchev–Trinajstić information content (AvgIpc) is 2.30. The molecule has 4 nitrogen and oxygen atoms in total. The van der Waals surface area contributed by atoms with Crippen molar-refractivity contribution in [2.75, 3.05) is 13.7 Å². The van der Waals surface area contributed by atoms with E-state index in [1.54, 1.807) is 0 Å². The number of hydrogen-bond acceptors (Lipinski definition) is 4. The molecule has 0 saturated heterocycles. The zero-order chi connectivity index (χ0) is 10.8. The van der Waals surface area contributed by atoms with Gasteiger partial charge in [-0.05, 0) is 0 Å². The Kier molecular flexibility index (Phi) is 7.40. The van der Waals surface area contributed by atoms with Crippen LogP contribution in [0.2, 0.25) is 0 Å². The molecule has 78 valence electrons. The van der Waals surface area contributed by atoms with Crippen LogP contribution in [0.15, 0.2) is 36.4 Å². The van der Waals surface area contributed by atoms with E-state index in [9.17, 15) is 4.79 Å². The second-order valence-electron chi connectivity index (χ2n) is 2.52. The van der Waals surface area contributed by atoms with Crippen LogP contribution in [-0.4, -0.2) is 25.7 Å². The summed E-state index contributed by atoms with van der Waals surface area (Å²) < 4.78 is 4.26. The van der Waals surface area contributed by atoms with Gasteiger partial charge >= 0.3 is 5.97 Å². The van der Waals surface area contributed by atoms with Crippen molar-refractivity contribution in [3.05, 3.63) is 36.4 Å². The number of nitrogens with two attached hydrogens (primary N) is 2. The van der Waals surface area contributed by atoms with Gasteiger partial charge in [-0.15, -0.1) is 0 Å². The molecule has 1 unspecified atom stereocenters. The molecule has 0 fully saturated rings. The summed E-state index contributed by atoms with van der Waals surface area (Å²) in [6.07, 6.45) is 0. The summed E-state index contributed by atoms with van der Waals surface area (Å²) in [5.74, 6) is -0.465. The van der Waals surface area contributed by atoms with E-state index in [1.807, 2.05) is 36.4 Å². The summed E-state index contributed by atoms with van der Waals surface area (Å²) in [5, 5.41) is 0. The van der Waals surface area contributed by atoms with Gasteiger partial charge in [0.05, 0.1) is 7.11 Å². The molecule has 0 aliphatic heterocycles. The van der Waals surface area contributed by atoms with Crippen molar-refractivity contribution in [2.45, 2.75) is 6.04 Å². The van der Waals surface area contributed by atoms with Gasteiger partial charge in [0.2, 0.25) is 0 Å². The molecule has 0 aromatic heterocycles. The first kappa shape index (κ1) is 12.6. The molecule has 0 radical (unpaired) electrons. The van der Waals surface area contributed by atoms with E-state index in [2.05, 4.69) is 4.74 Å². The van der Waals surface area contributed by atoms with E-state index in [1.165, 1.54) is 7.11 Å².